The van der Waals surface area contributed by atoms with E-state index in [2.05, 4.69) is 40.7 Å². The molecule has 1 fully saturated rings. The van der Waals surface area contributed by atoms with Crippen LogP contribution in [0.15, 0.2) is 23.6 Å². The van der Waals surface area contributed by atoms with Crippen LogP contribution in [0.4, 0.5) is 0 Å². The van der Waals surface area contributed by atoms with E-state index in [0.29, 0.717) is 6.04 Å². The first kappa shape index (κ1) is 13.9. The van der Waals surface area contributed by atoms with E-state index in [1.807, 2.05) is 22.7 Å². The number of nitrogens with zero attached hydrogens (tertiary/aromatic N) is 1. The van der Waals surface area contributed by atoms with Crippen molar-refractivity contribution >= 4 is 22.7 Å². The molecular weight excluding hydrogens is 296 g/mol. The van der Waals surface area contributed by atoms with Crippen LogP contribution in [0.25, 0.3) is 0 Å². The van der Waals surface area contributed by atoms with Crippen molar-refractivity contribution in [3.63, 3.8) is 0 Å². The summed E-state index contributed by atoms with van der Waals surface area (Å²) in [7, 11) is 0. The van der Waals surface area contributed by atoms with Gasteiger partial charge >= 0.3 is 0 Å². The molecule has 3 heterocycles. The average molecular weight is 319 g/mol. The van der Waals surface area contributed by atoms with E-state index >= 15 is 0 Å². The Bertz CT molecular complexity index is 612. The van der Waals surface area contributed by atoms with Gasteiger partial charge in [-0.2, -0.15) is 0 Å². The lowest BCUT2D eigenvalue weighted by Crippen LogP contribution is -2.32. The third kappa shape index (κ3) is 3.09. The molecule has 0 bridgehead atoms. The van der Waals surface area contributed by atoms with Crippen LogP contribution in [0.2, 0.25) is 0 Å². The molecule has 112 valence electrons. The molecule has 1 atom stereocenters. The quantitative estimate of drug-likeness (QED) is 0.889. The maximum absolute atomic E-state index is 3.61. The van der Waals surface area contributed by atoms with Gasteiger partial charge in [-0.15, -0.1) is 22.7 Å². The molecule has 2 aromatic heterocycles. The minimum absolute atomic E-state index is 0.565. The van der Waals surface area contributed by atoms with Gasteiger partial charge in [-0.1, -0.05) is 0 Å². The van der Waals surface area contributed by atoms with Crippen LogP contribution in [0, 0.1) is 0 Å². The number of hydrogen-bond acceptors (Lipinski definition) is 4. The van der Waals surface area contributed by atoms with Crippen molar-refractivity contribution in [2.24, 2.45) is 0 Å². The number of fused-ring (bicyclic) bond motifs is 1. The van der Waals surface area contributed by atoms with Crippen molar-refractivity contribution in [2.45, 2.75) is 51.4 Å². The van der Waals surface area contributed by atoms with Crippen LogP contribution in [-0.4, -0.2) is 17.5 Å². The van der Waals surface area contributed by atoms with Crippen LogP contribution in [0.5, 0.6) is 0 Å². The van der Waals surface area contributed by atoms with E-state index in [1.165, 1.54) is 35.6 Å². The summed E-state index contributed by atoms with van der Waals surface area (Å²) in [6, 6.07) is 8.31. The Hall–Kier alpha value is -0.680. The topological polar surface area (TPSA) is 15.3 Å². The van der Waals surface area contributed by atoms with Gasteiger partial charge in [-0.25, -0.2) is 0 Å². The highest BCUT2D eigenvalue weighted by Gasteiger charge is 2.25. The van der Waals surface area contributed by atoms with Gasteiger partial charge in [0.15, 0.2) is 0 Å². The molecule has 0 spiro atoms. The van der Waals surface area contributed by atoms with Crippen molar-refractivity contribution in [1.82, 2.24) is 10.2 Å². The minimum atomic E-state index is 0.565. The molecular formula is C17H22N2S2. The van der Waals surface area contributed by atoms with Crippen LogP contribution >= 0.6 is 22.7 Å². The molecule has 0 amide bonds. The maximum atomic E-state index is 3.61. The lowest BCUT2D eigenvalue weighted by molar-refractivity contribution is 0.193. The fraction of sp³-hybridized carbons (Fsp3) is 0.529. The molecule has 2 aliphatic rings. The fourth-order valence-electron chi connectivity index (χ4n) is 3.11. The van der Waals surface area contributed by atoms with Crippen molar-refractivity contribution in [3.05, 3.63) is 43.8 Å². The van der Waals surface area contributed by atoms with E-state index in [9.17, 15) is 0 Å². The molecule has 2 nitrogen and oxygen atoms in total. The second-order valence-corrected chi connectivity index (χ2v) is 8.47. The summed E-state index contributed by atoms with van der Waals surface area (Å²) < 4.78 is 0. The summed E-state index contributed by atoms with van der Waals surface area (Å²) in [6.45, 7) is 5.71. The van der Waals surface area contributed by atoms with Crippen molar-refractivity contribution in [2.75, 3.05) is 6.54 Å². The van der Waals surface area contributed by atoms with Gasteiger partial charge in [0, 0.05) is 46.3 Å². The molecule has 4 rings (SSSR count). The summed E-state index contributed by atoms with van der Waals surface area (Å²) in [4.78, 5) is 7.21. The highest BCUT2D eigenvalue weighted by molar-refractivity contribution is 7.12. The summed E-state index contributed by atoms with van der Waals surface area (Å²) in [5, 5.41) is 5.85. The Kier molecular flexibility index (Phi) is 3.88. The zero-order valence-electron chi connectivity index (χ0n) is 12.5. The third-order valence-corrected chi connectivity index (χ3v) is 6.69. The second-order valence-electron chi connectivity index (χ2n) is 6.22. The van der Waals surface area contributed by atoms with Crippen molar-refractivity contribution < 1.29 is 0 Å². The van der Waals surface area contributed by atoms with Crippen LogP contribution in [-0.2, 0) is 19.5 Å². The first-order valence-corrected chi connectivity index (χ1v) is 9.60. The van der Waals surface area contributed by atoms with Crippen LogP contribution in [0.1, 0.15) is 46.0 Å². The first-order chi connectivity index (χ1) is 10.3. The standard InChI is InChI=1S/C17H22N2S2/c1-12-16-7-9-20-17(16)6-8-19(12)11-15-5-4-14(21-15)10-18-13-2-3-13/h4-5,7,9,12-13,18H,2-3,6,8,10-11H2,1H3. The van der Waals surface area contributed by atoms with Crippen LogP contribution < -0.4 is 5.32 Å². The molecule has 0 radical (unpaired) electrons. The Morgan fingerprint density at radius 1 is 1.24 bits per heavy atom. The second kappa shape index (κ2) is 5.84. The molecule has 1 unspecified atom stereocenters. The van der Waals surface area contributed by atoms with Gasteiger partial charge in [0.1, 0.15) is 0 Å². The van der Waals surface area contributed by atoms with Crippen molar-refractivity contribution in [1.29, 1.82) is 0 Å². The number of thiophene rings is 2. The fourth-order valence-corrected chi connectivity index (χ4v) is 5.07. The Labute approximate surface area is 134 Å². The predicted molar refractivity (Wildman–Crippen MR) is 91.0 cm³/mol. The van der Waals surface area contributed by atoms with E-state index in [-0.39, 0.29) is 0 Å². The number of rotatable bonds is 5. The van der Waals surface area contributed by atoms with Gasteiger partial charge in [-0.05, 0) is 55.3 Å². The van der Waals surface area contributed by atoms with E-state index in [0.717, 1.165) is 19.1 Å². The number of hydrogen-bond donors (Lipinski definition) is 1. The SMILES string of the molecule is CC1c2ccsc2CCN1Cc1ccc(CNC2CC2)s1. The zero-order valence-corrected chi connectivity index (χ0v) is 14.1. The molecule has 21 heavy (non-hydrogen) atoms. The zero-order chi connectivity index (χ0) is 14.2. The summed E-state index contributed by atoms with van der Waals surface area (Å²) >= 11 is 3.90. The lowest BCUT2D eigenvalue weighted by atomic mass is 10.0. The molecule has 1 N–H and O–H groups in total. The molecule has 0 aromatic carbocycles. The van der Waals surface area contributed by atoms with E-state index in [4.69, 9.17) is 0 Å². The van der Waals surface area contributed by atoms with Gasteiger partial charge in [-0.3, -0.25) is 4.90 Å². The molecule has 1 aliphatic heterocycles. The van der Waals surface area contributed by atoms with E-state index < -0.39 is 0 Å². The van der Waals surface area contributed by atoms with Gasteiger partial charge < -0.3 is 5.32 Å². The largest absolute Gasteiger partial charge is 0.309 e. The van der Waals surface area contributed by atoms with Crippen LogP contribution in [0.3, 0.4) is 0 Å². The molecule has 0 saturated heterocycles. The lowest BCUT2D eigenvalue weighted by Gasteiger charge is -2.33. The smallest absolute Gasteiger partial charge is 0.0334 e. The maximum Gasteiger partial charge on any atom is 0.0334 e. The van der Waals surface area contributed by atoms with Crippen molar-refractivity contribution in [3.8, 4) is 0 Å². The van der Waals surface area contributed by atoms with Gasteiger partial charge in [0.2, 0.25) is 0 Å². The first-order valence-electron chi connectivity index (χ1n) is 7.91. The Morgan fingerprint density at radius 3 is 2.95 bits per heavy atom. The summed E-state index contributed by atoms with van der Waals surface area (Å²) in [6.07, 6.45) is 3.96. The molecule has 1 aliphatic carbocycles. The Balaban J connectivity index is 1.39. The minimum Gasteiger partial charge on any atom is -0.309 e. The van der Waals surface area contributed by atoms with Gasteiger partial charge in [0.25, 0.3) is 0 Å². The summed E-state index contributed by atoms with van der Waals surface area (Å²) in [5.41, 5.74) is 1.55. The summed E-state index contributed by atoms with van der Waals surface area (Å²) in [5.74, 6) is 0. The molecule has 2 aromatic rings. The highest BCUT2D eigenvalue weighted by Crippen LogP contribution is 2.34. The average Bonchev–Trinajstić information content (AvgIpc) is 3.00. The molecule has 4 heteroatoms. The normalized spacial score (nSPS) is 22.4. The molecule has 1 saturated carbocycles. The monoisotopic (exact) mass is 318 g/mol. The Morgan fingerprint density at radius 2 is 2.10 bits per heavy atom. The highest BCUT2D eigenvalue weighted by atomic mass is 32.1. The van der Waals surface area contributed by atoms with Gasteiger partial charge in [0.05, 0.1) is 0 Å². The van der Waals surface area contributed by atoms with E-state index in [1.54, 1.807) is 10.4 Å². The predicted octanol–water partition coefficient (Wildman–Crippen LogP) is 4.18. The number of nitrogens with one attached hydrogen (secondary N) is 1. The third-order valence-electron chi connectivity index (χ3n) is 4.62.